The van der Waals surface area contributed by atoms with Gasteiger partial charge in [-0.25, -0.2) is 4.39 Å². The highest BCUT2D eigenvalue weighted by atomic mass is 19.1. The van der Waals surface area contributed by atoms with E-state index in [1.165, 1.54) is 17.7 Å². The number of ketones is 1. The second-order valence-corrected chi connectivity index (χ2v) is 20.7. The van der Waals surface area contributed by atoms with Gasteiger partial charge < -0.3 is 20.1 Å². The topological polar surface area (TPSA) is 137 Å². The summed E-state index contributed by atoms with van der Waals surface area (Å²) < 4.78 is 22.2. The van der Waals surface area contributed by atoms with Gasteiger partial charge in [-0.3, -0.25) is 14.4 Å². The summed E-state index contributed by atoms with van der Waals surface area (Å²) in [6, 6.07) is 6.36. The Morgan fingerprint density at radius 1 is 0.964 bits per heavy atom. The maximum atomic E-state index is 14.3. The molecule has 0 bridgehead atoms. The summed E-state index contributed by atoms with van der Waals surface area (Å²) in [6.07, 6.45) is 8.68. The van der Waals surface area contributed by atoms with Gasteiger partial charge in [0.25, 0.3) is 0 Å². The van der Waals surface area contributed by atoms with Gasteiger partial charge in [0.2, 0.25) is 0 Å². The van der Waals surface area contributed by atoms with Crippen molar-refractivity contribution >= 4 is 17.7 Å². The first-order chi connectivity index (χ1) is 26.1. The normalized spacial score (nSPS) is 35.1. The molecule has 5 aliphatic carbocycles. The molecule has 4 saturated carbocycles. The summed E-state index contributed by atoms with van der Waals surface area (Å²) in [5.41, 5.74) is 7.72. The lowest BCUT2D eigenvalue weighted by molar-refractivity contribution is -0.233. The smallest absolute Gasteiger partial charge is 0.309 e. The minimum absolute atomic E-state index is 0.00638. The Morgan fingerprint density at radius 3 is 2.30 bits per heavy atom. The molecule has 5 aliphatic rings. The fraction of sp³-hybridized carbons (Fsp3) is 0.717. The van der Waals surface area contributed by atoms with Crippen molar-refractivity contribution < 1.29 is 28.6 Å². The van der Waals surface area contributed by atoms with Crippen LogP contribution in [-0.4, -0.2) is 50.2 Å². The van der Waals surface area contributed by atoms with Crippen molar-refractivity contribution in [3.05, 3.63) is 47.1 Å². The van der Waals surface area contributed by atoms with Gasteiger partial charge in [0.05, 0.1) is 11.8 Å². The Morgan fingerprint density at radius 2 is 1.66 bits per heavy atom. The first-order valence-electron chi connectivity index (χ1n) is 21.2. The molecule has 0 radical (unpaired) electrons. The number of carboxylic acids is 1. The van der Waals surface area contributed by atoms with Crippen LogP contribution in [0.5, 0.6) is 0 Å². The van der Waals surface area contributed by atoms with E-state index >= 15 is 0 Å². The highest BCUT2D eigenvalue weighted by molar-refractivity contribution is 6.00. The van der Waals surface area contributed by atoms with Crippen LogP contribution in [0.15, 0.2) is 35.4 Å². The number of halogens is 1. The molecule has 1 aromatic carbocycles. The van der Waals surface area contributed by atoms with Crippen molar-refractivity contribution in [3.8, 4) is 11.4 Å². The minimum atomic E-state index is -1.17. The van der Waals surface area contributed by atoms with E-state index in [0.29, 0.717) is 43.6 Å². The first-order valence-corrected chi connectivity index (χ1v) is 21.2. The van der Waals surface area contributed by atoms with Crippen molar-refractivity contribution in [2.75, 3.05) is 6.54 Å². The number of aromatic nitrogens is 3. The van der Waals surface area contributed by atoms with Gasteiger partial charge in [-0.2, -0.15) is 0 Å². The fourth-order valence-electron chi connectivity index (χ4n) is 13.7. The zero-order valence-electron chi connectivity index (χ0n) is 35.3. The molecule has 1 aromatic heterocycles. The lowest BCUT2D eigenvalue weighted by atomic mass is 9.33. The molecule has 4 fully saturated rings. The molecule has 0 amide bonds. The highest BCUT2D eigenvalue weighted by Gasteiger charge is 2.70. The van der Waals surface area contributed by atoms with Crippen molar-refractivity contribution in [1.82, 2.24) is 14.8 Å². The molecule has 1 heterocycles. The van der Waals surface area contributed by atoms with Crippen molar-refractivity contribution in [3.63, 3.8) is 0 Å². The van der Waals surface area contributed by atoms with Crippen LogP contribution in [0.3, 0.4) is 0 Å². The van der Waals surface area contributed by atoms with Gasteiger partial charge >= 0.3 is 11.9 Å². The fourth-order valence-corrected chi connectivity index (χ4v) is 13.7. The Balaban J connectivity index is 1.20. The summed E-state index contributed by atoms with van der Waals surface area (Å²) in [6.45, 7) is 20.7. The van der Waals surface area contributed by atoms with Gasteiger partial charge in [0, 0.05) is 42.3 Å². The molecular formula is C46H65FN4O5. The summed E-state index contributed by atoms with van der Waals surface area (Å²) in [4.78, 5) is 39.2. The minimum Gasteiger partial charge on any atom is -0.481 e. The monoisotopic (exact) mass is 772 g/mol. The first kappa shape index (κ1) is 40.8. The number of rotatable bonds is 10. The van der Waals surface area contributed by atoms with Crippen molar-refractivity contribution in [2.24, 2.45) is 61.9 Å². The molecule has 0 spiro atoms. The van der Waals surface area contributed by atoms with Gasteiger partial charge in [-0.1, -0.05) is 54.0 Å². The molecule has 10 heteroatoms. The highest BCUT2D eigenvalue weighted by Crippen LogP contribution is 2.77. The number of carbonyl (C=O) groups is 3. The maximum absolute atomic E-state index is 14.3. The number of benzene rings is 1. The number of fused-ring (bicyclic) bond motifs is 7. The molecular weight excluding hydrogens is 708 g/mol. The third kappa shape index (κ3) is 6.12. The average Bonchev–Trinajstić information content (AvgIpc) is 3.63. The van der Waals surface area contributed by atoms with Crippen LogP contribution in [0, 0.1) is 62.0 Å². The number of allylic oxidation sites excluding steroid dienone is 2. The Bertz CT molecular complexity index is 1930. The lowest BCUT2D eigenvalue weighted by Crippen LogP contribution is -2.65. The van der Waals surface area contributed by atoms with E-state index in [-0.39, 0.29) is 63.0 Å². The van der Waals surface area contributed by atoms with Crippen LogP contribution in [0.1, 0.15) is 132 Å². The van der Waals surface area contributed by atoms with Crippen LogP contribution in [0.4, 0.5) is 4.39 Å². The zero-order chi connectivity index (χ0) is 40.8. The second-order valence-electron chi connectivity index (χ2n) is 20.7. The Labute approximate surface area is 332 Å². The molecule has 1 unspecified atom stereocenters. The molecule has 3 N–H and O–H groups in total. The van der Waals surface area contributed by atoms with Crippen molar-refractivity contribution in [2.45, 2.75) is 146 Å². The Kier molecular flexibility index (Phi) is 10.1. The Hall–Kier alpha value is -3.40. The van der Waals surface area contributed by atoms with E-state index in [0.717, 1.165) is 68.3 Å². The van der Waals surface area contributed by atoms with E-state index in [1.807, 2.05) is 0 Å². The summed E-state index contributed by atoms with van der Waals surface area (Å²) in [5.74, 6) is 1.33. The van der Waals surface area contributed by atoms with Crippen LogP contribution in [-0.2, 0) is 32.1 Å². The number of ether oxygens (including phenoxy) is 1. The van der Waals surface area contributed by atoms with Crippen LogP contribution < -0.4 is 5.73 Å². The summed E-state index contributed by atoms with van der Waals surface area (Å²) in [5, 5.41) is 19.0. The molecule has 0 saturated heterocycles. The number of aliphatic carboxylic acids is 1. The number of carbonyl (C=O) groups excluding carboxylic acids is 2. The van der Waals surface area contributed by atoms with Gasteiger partial charge in [0.15, 0.2) is 11.6 Å². The number of Topliss-reactive ketones (excluding diaryl/α,β-unsaturated/α-hetero) is 1. The average molecular weight is 773 g/mol. The van der Waals surface area contributed by atoms with Crippen molar-refractivity contribution in [1.29, 1.82) is 0 Å². The molecule has 9 nitrogen and oxygen atoms in total. The SMILES string of the molecule is CC(C)C1=C2C3CC[C@@H]4[C@@]5(C)CC[C@H](OC(=O)CC(C)(C)C(=O)O)C(C)(C)[C@@H]5CC[C@@]4(C)[C@]3(C)CC[C@@]2(Cc2nnc(-c3ccc(F)cc3)n2CCN)CC1=O. The van der Waals surface area contributed by atoms with E-state index in [4.69, 9.17) is 15.6 Å². The number of nitrogens with zero attached hydrogens (tertiary/aromatic N) is 3. The predicted molar refractivity (Wildman–Crippen MR) is 214 cm³/mol. The molecule has 2 aromatic rings. The quantitative estimate of drug-likeness (QED) is 0.229. The number of esters is 1. The van der Waals surface area contributed by atoms with Crippen LogP contribution >= 0.6 is 0 Å². The van der Waals surface area contributed by atoms with Gasteiger partial charge in [-0.05, 0) is 135 Å². The number of hydrogen-bond acceptors (Lipinski definition) is 7. The van der Waals surface area contributed by atoms with E-state index < -0.39 is 17.4 Å². The molecule has 8 atom stereocenters. The predicted octanol–water partition coefficient (Wildman–Crippen LogP) is 8.98. The summed E-state index contributed by atoms with van der Waals surface area (Å²) in [7, 11) is 0. The van der Waals surface area contributed by atoms with Gasteiger partial charge in [0.1, 0.15) is 17.7 Å². The van der Waals surface area contributed by atoms with Crippen LogP contribution in [0.2, 0.25) is 0 Å². The number of nitrogens with two attached hydrogens (primary N) is 1. The maximum Gasteiger partial charge on any atom is 0.309 e. The second kappa shape index (κ2) is 13.9. The molecule has 0 aliphatic heterocycles. The molecule has 306 valence electrons. The van der Waals surface area contributed by atoms with Crippen LogP contribution in [0.25, 0.3) is 11.4 Å². The van der Waals surface area contributed by atoms with Gasteiger partial charge in [-0.15, -0.1) is 10.2 Å². The van der Waals surface area contributed by atoms with E-state index in [9.17, 15) is 23.9 Å². The number of carboxylic acid groups (broad SMARTS) is 1. The zero-order valence-corrected chi connectivity index (χ0v) is 35.3. The molecule has 7 rings (SSSR count). The van der Waals surface area contributed by atoms with E-state index in [1.54, 1.807) is 26.0 Å². The molecule has 56 heavy (non-hydrogen) atoms. The van der Waals surface area contributed by atoms with E-state index in [2.05, 4.69) is 58.1 Å². The number of hydrogen-bond donors (Lipinski definition) is 2. The largest absolute Gasteiger partial charge is 0.481 e. The lowest BCUT2D eigenvalue weighted by Gasteiger charge is -2.72. The third-order valence-corrected chi connectivity index (χ3v) is 16.7. The third-order valence-electron chi connectivity index (χ3n) is 16.7. The summed E-state index contributed by atoms with van der Waals surface area (Å²) >= 11 is 0. The standard InChI is InChI=1S/C46H65FN4O5/c1-27(2)37-31(52)24-46(25-35-49-50-39(51(35)23-22-48)28-10-12-29(47)13-11-28)21-20-44(8)30(38(37)46)14-15-33-43(7)18-17-34(56-36(53)26-41(3,4)40(54)55)42(5,6)32(43)16-19-45(33,44)9/h10-13,27,30,32-34H,14-26,48H2,1-9H3,(H,54,55)/t30?,32-,33+,34-,43-,44+,45+,46-/m0/s1.